The summed E-state index contributed by atoms with van der Waals surface area (Å²) < 4.78 is 41.4. The number of halogens is 2. The predicted molar refractivity (Wildman–Crippen MR) is 97.1 cm³/mol. The standard InChI is InChI=1S/C18H15F2N5O5/c19-17(20)30-13-3-1-11(2-4-13)12-5-21-15(22-6-12)10-28-14-7-24-8-16(25(26)27)23-18(24)29-9-14/h1-6,8,14,17H,7,9-10H2/t14-/m0/s1. The van der Waals surface area contributed by atoms with Gasteiger partial charge in [-0.25, -0.2) is 9.97 Å². The van der Waals surface area contributed by atoms with E-state index >= 15 is 0 Å². The summed E-state index contributed by atoms with van der Waals surface area (Å²) in [4.78, 5) is 22.5. The summed E-state index contributed by atoms with van der Waals surface area (Å²) in [7, 11) is 0. The lowest BCUT2D eigenvalue weighted by Crippen LogP contribution is -2.32. The predicted octanol–water partition coefficient (Wildman–Crippen LogP) is 2.83. The number of imidazole rings is 1. The van der Waals surface area contributed by atoms with E-state index in [-0.39, 0.29) is 36.9 Å². The molecular formula is C18H15F2N5O5. The van der Waals surface area contributed by atoms with Crippen LogP contribution in [-0.4, -0.2) is 43.8 Å². The first-order valence-electron chi connectivity index (χ1n) is 8.80. The number of hydrogen-bond donors (Lipinski definition) is 0. The van der Waals surface area contributed by atoms with Crippen molar-refractivity contribution in [3.8, 4) is 22.9 Å². The van der Waals surface area contributed by atoms with Gasteiger partial charge < -0.3 is 24.3 Å². The van der Waals surface area contributed by atoms with Gasteiger partial charge in [-0.15, -0.1) is 0 Å². The van der Waals surface area contributed by atoms with Gasteiger partial charge in [-0.3, -0.25) is 4.57 Å². The zero-order valence-electron chi connectivity index (χ0n) is 15.4. The van der Waals surface area contributed by atoms with Crippen LogP contribution in [0.5, 0.6) is 11.8 Å². The van der Waals surface area contributed by atoms with Crippen LogP contribution < -0.4 is 9.47 Å². The highest BCUT2D eigenvalue weighted by Crippen LogP contribution is 2.24. The Morgan fingerprint density at radius 2 is 1.97 bits per heavy atom. The van der Waals surface area contributed by atoms with Crippen molar-refractivity contribution >= 4 is 5.82 Å². The first kappa shape index (κ1) is 19.6. The molecule has 1 atom stereocenters. The molecule has 3 heterocycles. The molecule has 30 heavy (non-hydrogen) atoms. The topological polar surface area (TPSA) is 114 Å². The molecule has 2 aromatic heterocycles. The maximum atomic E-state index is 12.2. The van der Waals surface area contributed by atoms with Crippen LogP contribution in [0.3, 0.4) is 0 Å². The van der Waals surface area contributed by atoms with Gasteiger partial charge in [-0.05, 0) is 22.6 Å². The van der Waals surface area contributed by atoms with E-state index in [1.165, 1.54) is 22.9 Å². The number of nitro groups is 1. The van der Waals surface area contributed by atoms with Crippen molar-refractivity contribution in [1.82, 2.24) is 19.5 Å². The quantitative estimate of drug-likeness (QED) is 0.424. The van der Waals surface area contributed by atoms with Crippen LogP contribution in [0.15, 0.2) is 42.9 Å². The van der Waals surface area contributed by atoms with E-state index in [0.29, 0.717) is 17.9 Å². The van der Waals surface area contributed by atoms with Crippen molar-refractivity contribution in [3.63, 3.8) is 0 Å². The van der Waals surface area contributed by atoms with Crippen LogP contribution in [0.1, 0.15) is 5.82 Å². The van der Waals surface area contributed by atoms with Crippen LogP contribution in [0.4, 0.5) is 14.6 Å². The molecule has 10 nitrogen and oxygen atoms in total. The average Bonchev–Trinajstić information content (AvgIpc) is 3.17. The number of benzene rings is 1. The summed E-state index contributed by atoms with van der Waals surface area (Å²) in [5.41, 5.74) is 1.46. The first-order chi connectivity index (χ1) is 14.5. The first-order valence-corrected chi connectivity index (χ1v) is 8.80. The number of nitrogens with zero attached hydrogens (tertiary/aromatic N) is 5. The number of fused-ring (bicyclic) bond motifs is 1. The number of rotatable bonds is 7. The van der Waals surface area contributed by atoms with E-state index in [4.69, 9.17) is 9.47 Å². The largest absolute Gasteiger partial charge is 0.443 e. The Balaban J connectivity index is 1.33. The molecule has 12 heteroatoms. The lowest BCUT2D eigenvalue weighted by atomic mass is 10.1. The van der Waals surface area contributed by atoms with Gasteiger partial charge in [-0.2, -0.15) is 8.78 Å². The molecule has 1 aliphatic rings. The zero-order valence-corrected chi connectivity index (χ0v) is 15.4. The van der Waals surface area contributed by atoms with Crippen LogP contribution in [0.25, 0.3) is 11.1 Å². The molecule has 4 rings (SSSR count). The minimum absolute atomic E-state index is 0.0702. The number of ether oxygens (including phenoxy) is 3. The second kappa shape index (κ2) is 8.37. The SMILES string of the molecule is O=[N+]([O-])c1cn2c(n1)OC[C@@H](OCc1ncc(-c3ccc(OC(F)F)cc3)cn1)C2. The fourth-order valence-electron chi connectivity index (χ4n) is 2.86. The van der Waals surface area contributed by atoms with Gasteiger partial charge in [0.05, 0.1) is 6.54 Å². The van der Waals surface area contributed by atoms with Gasteiger partial charge in [0.25, 0.3) is 0 Å². The molecule has 0 saturated carbocycles. The Bertz CT molecular complexity index is 1030. The monoisotopic (exact) mass is 419 g/mol. The Labute approximate surface area is 168 Å². The van der Waals surface area contributed by atoms with E-state index in [1.54, 1.807) is 24.5 Å². The summed E-state index contributed by atoms with van der Waals surface area (Å²) in [6.45, 7) is -2.18. The second-order valence-corrected chi connectivity index (χ2v) is 6.33. The van der Waals surface area contributed by atoms with Crippen LogP contribution in [0.2, 0.25) is 0 Å². The highest BCUT2D eigenvalue weighted by Gasteiger charge is 2.28. The summed E-state index contributed by atoms with van der Waals surface area (Å²) in [5.74, 6) is 0.234. The fourth-order valence-corrected chi connectivity index (χ4v) is 2.86. The molecule has 0 radical (unpaired) electrons. The molecule has 0 saturated heterocycles. The maximum Gasteiger partial charge on any atom is 0.414 e. The molecule has 0 unspecified atom stereocenters. The zero-order chi connectivity index (χ0) is 21.1. The summed E-state index contributed by atoms with van der Waals surface area (Å²) in [6, 6.07) is 6.33. The number of aromatic nitrogens is 4. The fraction of sp³-hybridized carbons (Fsp3) is 0.278. The number of alkyl halides is 2. The molecule has 156 valence electrons. The maximum absolute atomic E-state index is 12.2. The summed E-state index contributed by atoms with van der Waals surface area (Å²) in [6.07, 6.45) is 4.16. The van der Waals surface area contributed by atoms with Crippen LogP contribution >= 0.6 is 0 Å². The molecule has 0 N–H and O–H groups in total. The van der Waals surface area contributed by atoms with Crippen LogP contribution in [-0.2, 0) is 17.9 Å². The highest BCUT2D eigenvalue weighted by molar-refractivity contribution is 5.62. The minimum Gasteiger partial charge on any atom is -0.443 e. The van der Waals surface area contributed by atoms with E-state index in [0.717, 1.165) is 5.56 Å². The van der Waals surface area contributed by atoms with Crippen molar-refractivity contribution in [1.29, 1.82) is 0 Å². The molecule has 0 spiro atoms. The molecule has 0 fully saturated rings. The van der Waals surface area contributed by atoms with Gasteiger partial charge in [0.2, 0.25) is 0 Å². The van der Waals surface area contributed by atoms with Crippen LogP contribution in [0, 0.1) is 10.1 Å². The van der Waals surface area contributed by atoms with Gasteiger partial charge in [-0.1, -0.05) is 12.1 Å². The molecular weight excluding hydrogens is 404 g/mol. The van der Waals surface area contributed by atoms with Gasteiger partial charge in [0.1, 0.15) is 31.3 Å². The Kier molecular flexibility index (Phi) is 5.48. The molecule has 1 aromatic carbocycles. The smallest absolute Gasteiger partial charge is 0.414 e. The van der Waals surface area contributed by atoms with E-state index < -0.39 is 11.5 Å². The lowest BCUT2D eigenvalue weighted by Gasteiger charge is -2.21. The van der Waals surface area contributed by atoms with Crippen molar-refractivity contribution < 1.29 is 27.9 Å². The Hall–Kier alpha value is -3.67. The van der Waals surface area contributed by atoms with E-state index in [1.807, 2.05) is 0 Å². The van der Waals surface area contributed by atoms with Crippen molar-refractivity contribution in [2.75, 3.05) is 6.61 Å². The van der Waals surface area contributed by atoms with Crippen molar-refractivity contribution in [2.24, 2.45) is 0 Å². The van der Waals surface area contributed by atoms with Crippen molar-refractivity contribution in [2.45, 2.75) is 25.9 Å². The van der Waals surface area contributed by atoms with Gasteiger partial charge in [0.15, 0.2) is 5.82 Å². The lowest BCUT2D eigenvalue weighted by molar-refractivity contribution is -0.389. The third-order valence-corrected chi connectivity index (χ3v) is 4.28. The average molecular weight is 419 g/mol. The summed E-state index contributed by atoms with van der Waals surface area (Å²) >= 11 is 0. The Morgan fingerprint density at radius 1 is 1.23 bits per heavy atom. The molecule has 3 aromatic rings. The van der Waals surface area contributed by atoms with Crippen molar-refractivity contribution in [3.05, 3.63) is 58.8 Å². The molecule has 0 bridgehead atoms. The third-order valence-electron chi connectivity index (χ3n) is 4.28. The number of hydrogen-bond acceptors (Lipinski definition) is 8. The van der Waals surface area contributed by atoms with E-state index in [2.05, 4.69) is 19.7 Å². The molecule has 0 amide bonds. The second-order valence-electron chi connectivity index (χ2n) is 6.33. The highest BCUT2D eigenvalue weighted by atomic mass is 19.3. The third kappa shape index (κ3) is 4.49. The summed E-state index contributed by atoms with van der Waals surface area (Å²) in [5, 5.41) is 10.8. The molecule has 1 aliphatic heterocycles. The van der Waals surface area contributed by atoms with E-state index in [9.17, 15) is 18.9 Å². The van der Waals surface area contributed by atoms with Gasteiger partial charge >= 0.3 is 18.4 Å². The normalized spacial score (nSPS) is 15.5. The minimum atomic E-state index is -2.87. The Morgan fingerprint density at radius 3 is 2.63 bits per heavy atom. The van der Waals surface area contributed by atoms with Gasteiger partial charge in [0, 0.05) is 22.9 Å². The molecule has 0 aliphatic carbocycles.